The summed E-state index contributed by atoms with van der Waals surface area (Å²) in [5, 5.41) is 30.9. The first kappa shape index (κ1) is 47.2. The van der Waals surface area contributed by atoms with Crippen LogP contribution in [0.15, 0.2) is 73.1 Å². The Morgan fingerprint density at radius 1 is 0.721 bits per heavy atom. The summed E-state index contributed by atoms with van der Waals surface area (Å²) < 4.78 is 20.2. The number of amides is 4. The van der Waals surface area contributed by atoms with Crippen LogP contribution in [0.2, 0.25) is 0 Å². The first-order valence-electron chi connectivity index (χ1n) is 21.5. The van der Waals surface area contributed by atoms with Crippen molar-refractivity contribution in [2.75, 3.05) is 36.2 Å². The zero-order valence-electron chi connectivity index (χ0n) is 38.0. The number of ether oxygens (including phenoxy) is 2. The van der Waals surface area contributed by atoms with Gasteiger partial charge in [0.25, 0.3) is 11.8 Å². The van der Waals surface area contributed by atoms with Crippen LogP contribution in [0.4, 0.5) is 17.6 Å². The van der Waals surface area contributed by atoms with Crippen LogP contribution in [0.25, 0.3) is 22.1 Å². The van der Waals surface area contributed by atoms with Crippen LogP contribution < -0.4 is 36.9 Å². The number of hydrogen-bond donors (Lipinski definition) is 6. The maximum atomic E-state index is 13.9. The van der Waals surface area contributed by atoms with Crippen molar-refractivity contribution in [3.63, 3.8) is 0 Å². The van der Waals surface area contributed by atoms with Gasteiger partial charge in [0.15, 0.2) is 0 Å². The summed E-state index contributed by atoms with van der Waals surface area (Å²) in [5.74, 6) is -2.41. The van der Waals surface area contributed by atoms with Gasteiger partial charge >= 0.3 is 5.97 Å². The molecule has 354 valence electrons. The number of imidazole rings is 2. The number of nitrogens with two attached hydrogens (primary N) is 2. The number of rotatable bonds is 22. The Kier molecular flexibility index (Phi) is 14.3. The lowest BCUT2D eigenvalue weighted by Gasteiger charge is -2.13. The van der Waals surface area contributed by atoms with Crippen LogP contribution in [-0.4, -0.2) is 103 Å². The van der Waals surface area contributed by atoms with Crippen molar-refractivity contribution >= 4 is 69.2 Å². The third-order valence-corrected chi connectivity index (χ3v) is 10.6. The van der Waals surface area contributed by atoms with E-state index in [-0.39, 0.29) is 61.4 Å². The number of benzene rings is 2. The number of carbonyl (C=O) groups is 5. The molecule has 23 heteroatoms. The standard InChI is InChI=1S/C45H51N15O8/c1-6-59-33(18-26(3)54-59)42(65)52-44-50-31-20-28(40(46)63)22-35(67-5)38(31)57(44)15-8-9-16-58-39-32(51-45(58)53-43(66)34-19-27(4)55-60(34)7-2)21-29(41(47)64)23-36(39)68-17-11-10-14-56-25-30(24-49-56)48-13-12-37(61)62/h8-11,18-25,48H,6-7,12-17H2,1-5H3,(H2,46,63)(H2,47,64)(H,61,62)(H,50,52,65)(H,51,53,66)/b9-8+,11-10+. The predicted octanol–water partition coefficient (Wildman–Crippen LogP) is 4.12. The van der Waals surface area contributed by atoms with Crippen molar-refractivity contribution in [1.29, 1.82) is 0 Å². The van der Waals surface area contributed by atoms with Crippen LogP contribution in [0.3, 0.4) is 0 Å². The Hall–Kier alpha value is -8.76. The minimum atomic E-state index is -0.906. The fraction of sp³-hybridized carbons (Fsp3) is 0.289. The fourth-order valence-corrected chi connectivity index (χ4v) is 7.44. The van der Waals surface area contributed by atoms with Gasteiger partial charge in [0.1, 0.15) is 40.5 Å². The molecule has 0 spiro atoms. The van der Waals surface area contributed by atoms with Crippen molar-refractivity contribution in [1.82, 2.24) is 48.4 Å². The molecule has 7 aromatic rings. The molecule has 4 amide bonds. The van der Waals surface area contributed by atoms with E-state index in [0.29, 0.717) is 75.9 Å². The lowest BCUT2D eigenvalue weighted by Crippen LogP contribution is -2.20. The van der Waals surface area contributed by atoms with Crippen molar-refractivity contribution in [2.24, 2.45) is 11.5 Å². The second-order valence-corrected chi connectivity index (χ2v) is 15.4. The molecule has 8 N–H and O–H groups in total. The Bertz CT molecular complexity index is 3110. The average Bonchev–Trinajstić information content (AvgIpc) is 4.14. The molecule has 0 aliphatic rings. The maximum absolute atomic E-state index is 13.9. The molecule has 0 aliphatic carbocycles. The zero-order chi connectivity index (χ0) is 48.6. The smallest absolute Gasteiger partial charge is 0.305 e. The normalized spacial score (nSPS) is 11.5. The molecule has 5 aromatic heterocycles. The highest BCUT2D eigenvalue weighted by molar-refractivity contribution is 6.05. The van der Waals surface area contributed by atoms with Gasteiger partial charge in [-0.1, -0.05) is 18.2 Å². The van der Waals surface area contributed by atoms with Crippen LogP contribution in [-0.2, 0) is 37.5 Å². The van der Waals surface area contributed by atoms with Crippen molar-refractivity contribution in [2.45, 2.75) is 66.8 Å². The van der Waals surface area contributed by atoms with E-state index in [1.807, 2.05) is 32.1 Å². The van der Waals surface area contributed by atoms with Gasteiger partial charge in [0.05, 0.1) is 54.4 Å². The Morgan fingerprint density at radius 2 is 1.24 bits per heavy atom. The number of methoxy groups -OCH3 is 1. The second-order valence-electron chi connectivity index (χ2n) is 15.4. The molecular formula is C45H51N15O8. The van der Waals surface area contributed by atoms with E-state index < -0.39 is 29.6 Å². The van der Waals surface area contributed by atoms with E-state index in [0.717, 1.165) is 0 Å². The number of nitrogens with one attached hydrogen (secondary N) is 3. The summed E-state index contributed by atoms with van der Waals surface area (Å²) in [5.41, 5.74) is 15.9. The quantitative estimate of drug-likeness (QED) is 0.0522. The Labute approximate surface area is 388 Å². The summed E-state index contributed by atoms with van der Waals surface area (Å²) in [6.07, 6.45) is 10.5. The van der Waals surface area contributed by atoms with Crippen LogP contribution >= 0.6 is 0 Å². The lowest BCUT2D eigenvalue weighted by molar-refractivity contribution is -0.136. The van der Waals surface area contributed by atoms with Gasteiger partial charge in [-0.2, -0.15) is 15.3 Å². The van der Waals surface area contributed by atoms with Gasteiger partial charge in [0, 0.05) is 50.0 Å². The SMILES string of the molecule is CCn1nc(C)cc1C(=O)Nc1nc2cc(C(N)=O)cc(OC)c2n1C/C=C/Cn1c(NC(=O)c2cc(C)nn2CC)nc2cc(C(N)=O)cc(OC/C=C/Cn3cc(NCCC(=O)O)cn3)c21. The minimum Gasteiger partial charge on any atom is -0.494 e. The van der Waals surface area contributed by atoms with Crippen molar-refractivity contribution in [3.8, 4) is 11.5 Å². The summed E-state index contributed by atoms with van der Waals surface area (Å²) in [4.78, 5) is 72.7. The summed E-state index contributed by atoms with van der Waals surface area (Å²) >= 11 is 0. The van der Waals surface area contributed by atoms with Gasteiger partial charge in [-0.3, -0.25) is 48.7 Å². The lowest BCUT2D eigenvalue weighted by atomic mass is 10.1. The Balaban J connectivity index is 1.22. The number of aryl methyl sites for hydroxylation is 4. The molecule has 23 nitrogen and oxygen atoms in total. The molecule has 0 unspecified atom stereocenters. The molecule has 0 bridgehead atoms. The molecule has 0 radical (unpaired) electrons. The van der Waals surface area contributed by atoms with Crippen molar-refractivity contribution in [3.05, 3.63) is 107 Å². The van der Waals surface area contributed by atoms with Gasteiger partial charge in [0.2, 0.25) is 23.7 Å². The van der Waals surface area contributed by atoms with E-state index in [4.69, 9.17) is 31.0 Å². The number of allylic oxidation sites excluding steroid dienone is 3. The van der Waals surface area contributed by atoms with Crippen LogP contribution in [0.5, 0.6) is 11.5 Å². The predicted molar refractivity (Wildman–Crippen MR) is 251 cm³/mol. The average molecular weight is 930 g/mol. The first-order chi connectivity index (χ1) is 32.7. The number of carboxylic acids is 1. The second kappa shape index (κ2) is 20.6. The third kappa shape index (κ3) is 10.5. The molecule has 68 heavy (non-hydrogen) atoms. The van der Waals surface area contributed by atoms with E-state index in [1.54, 1.807) is 67.6 Å². The van der Waals surface area contributed by atoms with Crippen LogP contribution in [0.1, 0.15) is 73.3 Å². The summed E-state index contributed by atoms with van der Waals surface area (Å²) in [6.45, 7) is 9.15. The Morgan fingerprint density at radius 3 is 1.74 bits per heavy atom. The number of hydrogen-bond acceptors (Lipinski definition) is 13. The molecular weight excluding hydrogens is 879 g/mol. The highest BCUT2D eigenvalue weighted by Gasteiger charge is 2.24. The number of carboxylic acid groups (broad SMARTS) is 1. The van der Waals surface area contributed by atoms with E-state index >= 15 is 0 Å². The molecule has 0 fully saturated rings. The number of carbonyl (C=O) groups excluding carboxylic acids is 4. The monoisotopic (exact) mass is 929 g/mol. The summed E-state index contributed by atoms with van der Waals surface area (Å²) in [7, 11) is 1.45. The number of aromatic nitrogens is 10. The third-order valence-electron chi connectivity index (χ3n) is 10.6. The number of primary amides is 2. The van der Waals surface area contributed by atoms with Gasteiger partial charge in [-0.15, -0.1) is 0 Å². The van der Waals surface area contributed by atoms with E-state index in [1.165, 1.54) is 31.4 Å². The van der Waals surface area contributed by atoms with Gasteiger partial charge < -0.3 is 40.5 Å². The highest BCUT2D eigenvalue weighted by atomic mass is 16.5. The van der Waals surface area contributed by atoms with Gasteiger partial charge in [-0.05, 0) is 70.2 Å². The molecule has 5 heterocycles. The highest BCUT2D eigenvalue weighted by Crippen LogP contribution is 2.33. The first-order valence-corrected chi connectivity index (χ1v) is 21.5. The number of anilines is 3. The van der Waals surface area contributed by atoms with Crippen LogP contribution in [0, 0.1) is 13.8 Å². The number of aliphatic carboxylic acids is 1. The van der Waals surface area contributed by atoms with Crippen molar-refractivity contribution < 1.29 is 38.6 Å². The number of nitrogens with zero attached hydrogens (tertiary/aromatic N) is 10. The largest absolute Gasteiger partial charge is 0.494 e. The maximum Gasteiger partial charge on any atom is 0.305 e. The zero-order valence-corrected chi connectivity index (χ0v) is 38.0. The molecule has 2 aromatic carbocycles. The minimum absolute atomic E-state index is 0.0323. The van der Waals surface area contributed by atoms with E-state index in [2.05, 4.69) is 36.2 Å². The fourth-order valence-electron chi connectivity index (χ4n) is 7.44. The molecule has 0 saturated heterocycles. The van der Waals surface area contributed by atoms with Gasteiger partial charge in [-0.25, -0.2) is 9.97 Å². The molecule has 0 aliphatic heterocycles. The topological polar surface area (TPSA) is 301 Å². The van der Waals surface area contributed by atoms with E-state index in [9.17, 15) is 24.0 Å². The molecule has 7 rings (SSSR count). The molecule has 0 saturated carbocycles. The summed E-state index contributed by atoms with van der Waals surface area (Å²) in [6, 6.07) is 9.38. The molecule has 0 atom stereocenters. The number of fused-ring (bicyclic) bond motifs is 2.